The Morgan fingerprint density at radius 1 is 0.694 bits per heavy atom. The Kier molecular flexibility index (Phi) is 5.97. The molecule has 1 aromatic heterocycles. The molecule has 0 N–H and O–H groups in total. The van der Waals surface area contributed by atoms with Gasteiger partial charge < -0.3 is 0 Å². The molecule has 3 nitrogen and oxygen atoms in total. The van der Waals surface area contributed by atoms with Gasteiger partial charge in [0.1, 0.15) is 5.82 Å². The molecule has 0 saturated heterocycles. The van der Waals surface area contributed by atoms with Crippen LogP contribution in [-0.2, 0) is 14.6 Å². The zero-order valence-corrected chi connectivity index (χ0v) is 21.2. The SMILES string of the molecule is CC(C)(c1cc(-c2cccc(-c3ccccc3-c3ccc(F)cc3)c2)c2ncccc2c1)S(C)(=O)=O. The summed E-state index contributed by atoms with van der Waals surface area (Å²) < 4.78 is 37.7. The standard InChI is InChI=1S/C31H26FNO2S/c1-31(2,36(3,34)35)25-19-24-10-7-17-33-30(24)29(20-25)23-9-6-8-22(18-23)28-12-5-4-11-27(28)21-13-15-26(32)16-14-21/h4-20H,1-3H3. The molecule has 4 aromatic carbocycles. The van der Waals surface area contributed by atoms with Gasteiger partial charge in [-0.1, -0.05) is 60.7 Å². The molecule has 5 rings (SSSR count). The average molecular weight is 496 g/mol. The fourth-order valence-electron chi connectivity index (χ4n) is 4.44. The maximum atomic E-state index is 13.5. The van der Waals surface area contributed by atoms with Gasteiger partial charge in [-0.3, -0.25) is 4.98 Å². The Bertz CT molecular complexity index is 1690. The van der Waals surface area contributed by atoms with Crippen molar-refractivity contribution in [1.82, 2.24) is 4.98 Å². The summed E-state index contributed by atoms with van der Waals surface area (Å²) in [5.41, 5.74) is 7.32. The van der Waals surface area contributed by atoms with Crippen molar-refractivity contribution in [2.24, 2.45) is 0 Å². The molecule has 180 valence electrons. The van der Waals surface area contributed by atoms with Crippen molar-refractivity contribution in [3.05, 3.63) is 115 Å². The summed E-state index contributed by atoms with van der Waals surface area (Å²) in [6, 6.07) is 30.4. The number of benzene rings is 4. The van der Waals surface area contributed by atoms with E-state index in [1.807, 2.05) is 60.7 Å². The van der Waals surface area contributed by atoms with Crippen molar-refractivity contribution in [3.8, 4) is 33.4 Å². The number of hydrogen-bond donors (Lipinski definition) is 0. The van der Waals surface area contributed by atoms with E-state index in [1.165, 1.54) is 18.4 Å². The van der Waals surface area contributed by atoms with Gasteiger partial charge in [0.05, 0.1) is 10.3 Å². The van der Waals surface area contributed by atoms with E-state index < -0.39 is 14.6 Å². The molecule has 0 aliphatic heterocycles. The Morgan fingerprint density at radius 2 is 1.33 bits per heavy atom. The van der Waals surface area contributed by atoms with Crippen LogP contribution < -0.4 is 0 Å². The van der Waals surface area contributed by atoms with Crippen LogP contribution in [-0.4, -0.2) is 19.7 Å². The Balaban J connectivity index is 1.70. The van der Waals surface area contributed by atoms with Crippen LogP contribution in [0.25, 0.3) is 44.3 Å². The highest BCUT2D eigenvalue weighted by Crippen LogP contribution is 2.38. The van der Waals surface area contributed by atoms with Gasteiger partial charge >= 0.3 is 0 Å². The van der Waals surface area contributed by atoms with Gasteiger partial charge in [-0.2, -0.15) is 0 Å². The van der Waals surface area contributed by atoms with Crippen LogP contribution in [0.3, 0.4) is 0 Å². The number of pyridine rings is 1. The highest BCUT2D eigenvalue weighted by Gasteiger charge is 2.33. The van der Waals surface area contributed by atoms with Crippen molar-refractivity contribution < 1.29 is 12.8 Å². The van der Waals surface area contributed by atoms with E-state index in [-0.39, 0.29) is 5.82 Å². The van der Waals surface area contributed by atoms with Gasteiger partial charge in [-0.25, -0.2) is 12.8 Å². The van der Waals surface area contributed by atoms with Crippen LogP contribution in [0.5, 0.6) is 0 Å². The fourth-order valence-corrected chi connectivity index (χ4v) is 4.99. The molecule has 5 aromatic rings. The average Bonchev–Trinajstić information content (AvgIpc) is 2.88. The molecule has 0 saturated carbocycles. The van der Waals surface area contributed by atoms with Crippen LogP contribution in [0.2, 0.25) is 0 Å². The summed E-state index contributed by atoms with van der Waals surface area (Å²) in [5.74, 6) is -0.269. The second-order valence-corrected chi connectivity index (χ2v) is 12.1. The van der Waals surface area contributed by atoms with Gasteiger partial charge in [-0.15, -0.1) is 0 Å². The van der Waals surface area contributed by atoms with Crippen LogP contribution >= 0.6 is 0 Å². The summed E-state index contributed by atoms with van der Waals surface area (Å²) >= 11 is 0. The van der Waals surface area contributed by atoms with Gasteiger partial charge in [0, 0.05) is 23.4 Å². The third-order valence-corrected chi connectivity index (χ3v) is 8.98. The zero-order chi connectivity index (χ0) is 25.5. The maximum Gasteiger partial charge on any atom is 0.156 e. The highest BCUT2D eigenvalue weighted by atomic mass is 32.2. The van der Waals surface area contributed by atoms with E-state index in [4.69, 9.17) is 0 Å². The third-order valence-electron chi connectivity index (χ3n) is 6.89. The lowest BCUT2D eigenvalue weighted by atomic mass is 9.90. The molecule has 0 fully saturated rings. The van der Waals surface area contributed by atoms with Crippen molar-refractivity contribution in [3.63, 3.8) is 0 Å². The lowest BCUT2D eigenvalue weighted by Crippen LogP contribution is -2.28. The molecule has 0 atom stereocenters. The molecular weight excluding hydrogens is 469 g/mol. The number of fused-ring (bicyclic) bond motifs is 1. The normalized spacial score (nSPS) is 12.1. The lowest BCUT2D eigenvalue weighted by Gasteiger charge is -2.24. The summed E-state index contributed by atoms with van der Waals surface area (Å²) in [6.07, 6.45) is 3.02. The van der Waals surface area contributed by atoms with Crippen LogP contribution in [0.15, 0.2) is 103 Å². The molecule has 0 aliphatic carbocycles. The van der Waals surface area contributed by atoms with Gasteiger partial charge in [0.15, 0.2) is 9.84 Å². The number of hydrogen-bond acceptors (Lipinski definition) is 3. The molecule has 5 heteroatoms. The topological polar surface area (TPSA) is 47.0 Å². The Labute approximate surface area is 211 Å². The minimum Gasteiger partial charge on any atom is -0.256 e. The van der Waals surface area contributed by atoms with Crippen molar-refractivity contribution in [2.75, 3.05) is 6.26 Å². The summed E-state index contributed by atoms with van der Waals surface area (Å²) in [5, 5.41) is 0.888. The molecule has 0 amide bonds. The number of nitrogens with zero attached hydrogens (tertiary/aromatic N) is 1. The van der Waals surface area contributed by atoms with E-state index in [1.54, 1.807) is 32.2 Å². The number of rotatable bonds is 5. The summed E-state index contributed by atoms with van der Waals surface area (Å²) in [4.78, 5) is 4.63. The summed E-state index contributed by atoms with van der Waals surface area (Å²) in [7, 11) is -3.36. The van der Waals surface area contributed by atoms with Gasteiger partial charge in [-0.05, 0) is 83.6 Å². The smallest absolute Gasteiger partial charge is 0.156 e. The number of sulfone groups is 1. The maximum absolute atomic E-state index is 13.5. The van der Waals surface area contributed by atoms with Gasteiger partial charge in [0.2, 0.25) is 0 Å². The Hall–Kier alpha value is -3.83. The monoisotopic (exact) mass is 495 g/mol. The minimum absolute atomic E-state index is 0.269. The van der Waals surface area contributed by atoms with Crippen molar-refractivity contribution in [2.45, 2.75) is 18.6 Å². The zero-order valence-electron chi connectivity index (χ0n) is 20.4. The molecule has 1 heterocycles. The predicted molar refractivity (Wildman–Crippen MR) is 146 cm³/mol. The third kappa shape index (κ3) is 4.31. The lowest BCUT2D eigenvalue weighted by molar-refractivity contribution is 0.561. The molecule has 36 heavy (non-hydrogen) atoms. The largest absolute Gasteiger partial charge is 0.256 e. The molecule has 0 spiro atoms. The second-order valence-electron chi connectivity index (χ2n) is 9.51. The predicted octanol–water partition coefficient (Wildman–Crippen LogP) is 7.65. The first-order valence-electron chi connectivity index (χ1n) is 11.7. The number of halogens is 1. The second kappa shape index (κ2) is 8.99. The van der Waals surface area contributed by atoms with E-state index in [9.17, 15) is 12.8 Å². The Morgan fingerprint density at radius 3 is 2.00 bits per heavy atom. The fraction of sp³-hybridized carbons (Fsp3) is 0.129. The first kappa shape index (κ1) is 23.9. The first-order chi connectivity index (χ1) is 17.1. The van der Waals surface area contributed by atoms with Crippen LogP contribution in [0.1, 0.15) is 19.4 Å². The molecule has 0 aliphatic rings. The molecule has 0 radical (unpaired) electrons. The molecular formula is C31H26FNO2S. The quantitative estimate of drug-likeness (QED) is 0.251. The van der Waals surface area contributed by atoms with Crippen molar-refractivity contribution in [1.29, 1.82) is 0 Å². The first-order valence-corrected chi connectivity index (χ1v) is 13.6. The van der Waals surface area contributed by atoms with E-state index in [0.717, 1.165) is 49.8 Å². The van der Waals surface area contributed by atoms with E-state index in [2.05, 4.69) is 17.1 Å². The highest BCUT2D eigenvalue weighted by molar-refractivity contribution is 7.91. The number of aromatic nitrogens is 1. The van der Waals surface area contributed by atoms with Crippen molar-refractivity contribution >= 4 is 20.7 Å². The molecule has 0 bridgehead atoms. The minimum atomic E-state index is -3.36. The van der Waals surface area contributed by atoms with Gasteiger partial charge in [0.25, 0.3) is 0 Å². The van der Waals surface area contributed by atoms with Crippen LogP contribution in [0, 0.1) is 5.82 Å². The van der Waals surface area contributed by atoms with E-state index in [0.29, 0.717) is 0 Å². The van der Waals surface area contributed by atoms with E-state index >= 15 is 0 Å². The summed E-state index contributed by atoms with van der Waals surface area (Å²) in [6.45, 7) is 3.47. The van der Waals surface area contributed by atoms with Crippen LogP contribution in [0.4, 0.5) is 4.39 Å². The molecule has 0 unspecified atom stereocenters.